The van der Waals surface area contributed by atoms with Crippen molar-refractivity contribution in [1.82, 2.24) is 4.90 Å². The van der Waals surface area contributed by atoms with Crippen LogP contribution in [0.5, 0.6) is 0 Å². The summed E-state index contributed by atoms with van der Waals surface area (Å²) in [6.07, 6.45) is 1.35. The summed E-state index contributed by atoms with van der Waals surface area (Å²) in [4.78, 5) is 6.21. The molecule has 1 saturated carbocycles. The Morgan fingerprint density at radius 2 is 2.27 bits per heavy atom. The van der Waals surface area contributed by atoms with Crippen molar-refractivity contribution >= 4 is 6.72 Å². The van der Waals surface area contributed by atoms with Gasteiger partial charge < -0.3 is 9.89 Å². The fourth-order valence-corrected chi connectivity index (χ4v) is 1.62. The number of hydrogen-bond donors (Lipinski definition) is 0. The second-order valence-electron chi connectivity index (χ2n) is 3.77. The summed E-state index contributed by atoms with van der Waals surface area (Å²) < 4.78 is 0. The van der Waals surface area contributed by atoms with E-state index in [1.807, 2.05) is 0 Å². The number of hydrogen-bond acceptors (Lipinski definition) is 2. The van der Waals surface area contributed by atoms with Gasteiger partial charge in [0.05, 0.1) is 0 Å². The Kier molecular flexibility index (Phi) is 2.66. The third-order valence-corrected chi connectivity index (χ3v) is 2.78. The van der Waals surface area contributed by atoms with Crippen molar-refractivity contribution in [3.8, 4) is 0 Å². The van der Waals surface area contributed by atoms with Crippen molar-refractivity contribution in [1.29, 1.82) is 0 Å². The lowest BCUT2D eigenvalue weighted by atomic mass is 10.1. The zero-order valence-corrected chi connectivity index (χ0v) is 7.75. The van der Waals surface area contributed by atoms with E-state index in [4.69, 9.17) is 0 Å². The molecule has 0 aliphatic heterocycles. The van der Waals surface area contributed by atoms with E-state index in [1.165, 1.54) is 6.42 Å². The fraction of sp³-hybridized carbons (Fsp3) is 0.889. The van der Waals surface area contributed by atoms with Crippen LogP contribution in [0.4, 0.5) is 0 Å². The van der Waals surface area contributed by atoms with Gasteiger partial charge >= 0.3 is 0 Å². The molecule has 1 rings (SSSR count). The van der Waals surface area contributed by atoms with Gasteiger partial charge in [-0.3, -0.25) is 0 Å². The van der Waals surface area contributed by atoms with Gasteiger partial charge in [0.2, 0.25) is 0 Å². The van der Waals surface area contributed by atoms with Gasteiger partial charge in [0.25, 0.3) is 0 Å². The number of aliphatic imine (C=N–C) groups is 1. The average Bonchev–Trinajstić information content (AvgIpc) is 2.67. The van der Waals surface area contributed by atoms with E-state index in [0.29, 0.717) is 6.04 Å². The first-order valence-electron chi connectivity index (χ1n) is 4.25. The summed E-state index contributed by atoms with van der Waals surface area (Å²) in [5, 5.41) is 0. The predicted octanol–water partition coefficient (Wildman–Crippen LogP) is 1.27. The Morgan fingerprint density at radius 3 is 2.73 bits per heavy atom. The van der Waals surface area contributed by atoms with Crippen LogP contribution in [0.1, 0.15) is 13.3 Å². The van der Waals surface area contributed by atoms with E-state index in [9.17, 15) is 0 Å². The van der Waals surface area contributed by atoms with Crippen LogP contribution in [0.15, 0.2) is 4.99 Å². The molecule has 0 aromatic carbocycles. The first-order chi connectivity index (χ1) is 5.16. The molecule has 11 heavy (non-hydrogen) atoms. The average molecular weight is 154 g/mol. The van der Waals surface area contributed by atoms with Gasteiger partial charge in [0, 0.05) is 12.6 Å². The maximum atomic E-state index is 3.92. The second-order valence-corrected chi connectivity index (χ2v) is 3.77. The maximum absolute atomic E-state index is 3.92. The fourth-order valence-electron chi connectivity index (χ4n) is 1.62. The molecule has 3 atom stereocenters. The molecular formula is C9H18N2. The molecular weight excluding hydrogens is 136 g/mol. The molecule has 0 spiro atoms. The minimum Gasteiger partial charge on any atom is -0.306 e. The highest BCUT2D eigenvalue weighted by molar-refractivity contribution is 5.23. The largest absolute Gasteiger partial charge is 0.306 e. The van der Waals surface area contributed by atoms with Crippen LogP contribution in [-0.4, -0.2) is 38.3 Å². The van der Waals surface area contributed by atoms with Crippen LogP contribution in [0.25, 0.3) is 0 Å². The van der Waals surface area contributed by atoms with Gasteiger partial charge in [-0.25, -0.2) is 0 Å². The van der Waals surface area contributed by atoms with E-state index in [1.54, 1.807) is 0 Å². The standard InChI is InChI=1S/C9H18N2/c1-7(11(3)4)9-5-8(9)6-10-2/h7-9H,2,5-6H2,1,3-4H3. The van der Waals surface area contributed by atoms with Crippen LogP contribution in [-0.2, 0) is 0 Å². The van der Waals surface area contributed by atoms with Crippen LogP contribution in [0.3, 0.4) is 0 Å². The molecule has 2 heteroatoms. The van der Waals surface area contributed by atoms with Crippen molar-refractivity contribution in [2.24, 2.45) is 16.8 Å². The zero-order valence-electron chi connectivity index (χ0n) is 7.75. The Bertz CT molecular complexity index is 142. The second kappa shape index (κ2) is 3.35. The summed E-state index contributed by atoms with van der Waals surface area (Å²) in [6.45, 7) is 6.76. The lowest BCUT2D eigenvalue weighted by molar-refractivity contribution is 0.276. The first kappa shape index (κ1) is 8.72. The number of rotatable bonds is 4. The molecule has 2 nitrogen and oxygen atoms in total. The summed E-state index contributed by atoms with van der Waals surface area (Å²) in [6, 6.07) is 0.710. The molecule has 0 amide bonds. The van der Waals surface area contributed by atoms with Crippen LogP contribution in [0.2, 0.25) is 0 Å². The van der Waals surface area contributed by atoms with E-state index in [2.05, 4.69) is 37.6 Å². The summed E-state index contributed by atoms with van der Waals surface area (Å²) >= 11 is 0. The quantitative estimate of drug-likeness (QED) is 0.557. The van der Waals surface area contributed by atoms with Crippen LogP contribution >= 0.6 is 0 Å². The van der Waals surface area contributed by atoms with Crippen LogP contribution in [0, 0.1) is 11.8 Å². The molecule has 0 radical (unpaired) electrons. The Hall–Kier alpha value is -0.370. The highest BCUT2D eigenvalue weighted by Gasteiger charge is 2.41. The molecule has 0 heterocycles. The van der Waals surface area contributed by atoms with E-state index >= 15 is 0 Å². The van der Waals surface area contributed by atoms with Crippen molar-refractivity contribution in [3.63, 3.8) is 0 Å². The SMILES string of the molecule is C=NCC1CC1C(C)N(C)C. The summed E-state index contributed by atoms with van der Waals surface area (Å²) in [5.41, 5.74) is 0. The summed E-state index contributed by atoms with van der Waals surface area (Å²) in [7, 11) is 4.28. The van der Waals surface area contributed by atoms with Gasteiger partial charge in [-0.05, 0) is 46.0 Å². The molecule has 0 bridgehead atoms. The van der Waals surface area contributed by atoms with E-state index in [0.717, 1.165) is 18.4 Å². The van der Waals surface area contributed by atoms with Crippen molar-refractivity contribution < 1.29 is 0 Å². The monoisotopic (exact) mass is 154 g/mol. The molecule has 64 valence electrons. The topological polar surface area (TPSA) is 15.6 Å². The van der Waals surface area contributed by atoms with Gasteiger partial charge in [0.15, 0.2) is 0 Å². The maximum Gasteiger partial charge on any atom is 0.0413 e. The molecule has 0 saturated heterocycles. The zero-order chi connectivity index (χ0) is 8.43. The molecule has 1 fully saturated rings. The summed E-state index contributed by atoms with van der Waals surface area (Å²) in [5.74, 6) is 1.69. The lowest BCUT2D eigenvalue weighted by Gasteiger charge is -2.19. The normalized spacial score (nSPS) is 32.0. The molecule has 0 N–H and O–H groups in total. The predicted molar refractivity (Wildman–Crippen MR) is 49.2 cm³/mol. The molecule has 0 aromatic heterocycles. The van der Waals surface area contributed by atoms with Crippen molar-refractivity contribution in [2.75, 3.05) is 20.6 Å². The minimum atomic E-state index is 0.710. The third-order valence-electron chi connectivity index (χ3n) is 2.78. The third kappa shape index (κ3) is 2.03. The number of nitrogens with zero attached hydrogens (tertiary/aromatic N) is 2. The van der Waals surface area contributed by atoms with E-state index < -0.39 is 0 Å². The van der Waals surface area contributed by atoms with Crippen LogP contribution < -0.4 is 0 Å². The van der Waals surface area contributed by atoms with E-state index in [-0.39, 0.29) is 0 Å². The molecule has 0 aromatic rings. The first-order valence-corrected chi connectivity index (χ1v) is 4.25. The lowest BCUT2D eigenvalue weighted by Crippen LogP contribution is -2.27. The van der Waals surface area contributed by atoms with Crippen molar-refractivity contribution in [2.45, 2.75) is 19.4 Å². The highest BCUT2D eigenvalue weighted by atomic mass is 15.1. The Labute approximate surface area is 69.3 Å². The van der Waals surface area contributed by atoms with Gasteiger partial charge in [0.1, 0.15) is 0 Å². The Morgan fingerprint density at radius 1 is 1.64 bits per heavy atom. The highest BCUT2D eigenvalue weighted by Crippen LogP contribution is 2.42. The smallest absolute Gasteiger partial charge is 0.0413 e. The van der Waals surface area contributed by atoms with Crippen molar-refractivity contribution in [3.05, 3.63) is 0 Å². The van der Waals surface area contributed by atoms with Gasteiger partial charge in [-0.2, -0.15) is 0 Å². The molecule has 3 unspecified atom stereocenters. The molecule has 1 aliphatic carbocycles. The van der Waals surface area contributed by atoms with Gasteiger partial charge in [-0.1, -0.05) is 0 Å². The minimum absolute atomic E-state index is 0.710. The van der Waals surface area contributed by atoms with Gasteiger partial charge in [-0.15, -0.1) is 0 Å². The molecule has 1 aliphatic rings. The Balaban J connectivity index is 2.25.